The number of halogens is 2. The second-order valence-electron chi connectivity index (χ2n) is 6.22. The Hall–Kier alpha value is -1.54. The van der Waals surface area contributed by atoms with Gasteiger partial charge in [0.1, 0.15) is 0 Å². The molecule has 1 aromatic carbocycles. The average molecular weight is 441 g/mol. The lowest BCUT2D eigenvalue weighted by atomic mass is 10.1. The minimum absolute atomic E-state index is 0.152. The number of rotatable bonds is 6. The van der Waals surface area contributed by atoms with E-state index in [4.69, 9.17) is 23.2 Å². The van der Waals surface area contributed by atoms with E-state index in [0.717, 1.165) is 11.4 Å². The minimum atomic E-state index is -0.152. The van der Waals surface area contributed by atoms with Crippen LogP contribution in [0.15, 0.2) is 34.8 Å². The van der Waals surface area contributed by atoms with Crippen LogP contribution in [0, 0.1) is 0 Å². The van der Waals surface area contributed by atoms with Crippen molar-refractivity contribution in [2.45, 2.75) is 24.9 Å². The Bertz CT molecular complexity index is 968. The summed E-state index contributed by atoms with van der Waals surface area (Å²) in [5.74, 6) is 1.34. The van der Waals surface area contributed by atoms with Gasteiger partial charge < -0.3 is 9.88 Å². The predicted molar refractivity (Wildman–Crippen MR) is 114 cm³/mol. The van der Waals surface area contributed by atoms with Crippen LogP contribution in [0.4, 0.5) is 5.69 Å². The van der Waals surface area contributed by atoms with Crippen LogP contribution in [0.25, 0.3) is 11.4 Å². The summed E-state index contributed by atoms with van der Waals surface area (Å²) in [6, 6.07) is 7.12. The first kappa shape index (κ1) is 20.2. The van der Waals surface area contributed by atoms with Crippen LogP contribution in [0.3, 0.4) is 0 Å². The van der Waals surface area contributed by atoms with Crippen LogP contribution >= 0.6 is 46.3 Å². The maximum atomic E-state index is 12.2. The van der Waals surface area contributed by atoms with Gasteiger partial charge in [0.25, 0.3) is 0 Å². The third kappa shape index (κ3) is 4.85. The number of thioether (sulfide) groups is 1. The molecule has 0 radical (unpaired) electrons. The summed E-state index contributed by atoms with van der Waals surface area (Å²) in [4.78, 5) is 13.5. The summed E-state index contributed by atoms with van der Waals surface area (Å²) < 4.78 is 1.91. The fourth-order valence-electron chi connectivity index (χ4n) is 2.37. The van der Waals surface area contributed by atoms with Crippen LogP contribution in [-0.2, 0) is 11.8 Å². The third-order valence-corrected chi connectivity index (χ3v) is 6.81. The van der Waals surface area contributed by atoms with Crippen molar-refractivity contribution in [3.63, 3.8) is 0 Å². The summed E-state index contributed by atoms with van der Waals surface area (Å²) in [6.07, 6.45) is 0. The second kappa shape index (κ2) is 8.65. The Morgan fingerprint density at radius 1 is 1.26 bits per heavy atom. The van der Waals surface area contributed by atoms with Crippen molar-refractivity contribution in [1.29, 1.82) is 0 Å². The lowest BCUT2D eigenvalue weighted by molar-refractivity contribution is -0.113. The fourth-order valence-corrected chi connectivity index (χ4v) is 4.28. The molecule has 3 rings (SSSR count). The molecule has 1 N–H and O–H groups in total. The monoisotopic (exact) mass is 440 g/mol. The molecule has 2 aromatic heterocycles. The van der Waals surface area contributed by atoms with E-state index in [-0.39, 0.29) is 11.7 Å². The number of thiophene rings is 1. The van der Waals surface area contributed by atoms with E-state index < -0.39 is 0 Å². The Balaban J connectivity index is 1.63. The van der Waals surface area contributed by atoms with E-state index in [2.05, 4.69) is 40.8 Å². The number of carbonyl (C=O) groups is 1. The molecule has 27 heavy (non-hydrogen) atoms. The summed E-state index contributed by atoms with van der Waals surface area (Å²) in [6.45, 7) is 4.33. The number of amides is 1. The highest BCUT2D eigenvalue weighted by molar-refractivity contribution is 7.99. The Morgan fingerprint density at radius 3 is 2.70 bits per heavy atom. The van der Waals surface area contributed by atoms with E-state index in [9.17, 15) is 4.79 Å². The summed E-state index contributed by atoms with van der Waals surface area (Å²) in [7, 11) is 1.90. The van der Waals surface area contributed by atoms with Crippen LogP contribution in [0.1, 0.15) is 24.6 Å². The number of carbonyl (C=O) groups excluding carboxylic acids is 1. The van der Waals surface area contributed by atoms with E-state index in [1.165, 1.54) is 16.6 Å². The minimum Gasteiger partial charge on any atom is -0.325 e. The topological polar surface area (TPSA) is 59.8 Å². The maximum Gasteiger partial charge on any atom is 0.234 e. The molecule has 0 saturated carbocycles. The van der Waals surface area contributed by atoms with E-state index in [1.807, 2.05) is 11.6 Å². The standard InChI is InChI=1S/C18H18Cl2N4OS2/c1-10(2)15-6-11(8-26-15)17-22-23-18(24(17)3)27-9-16(25)21-12-4-5-13(19)14(20)7-12/h4-8,10H,9H2,1-3H3,(H,21,25). The Labute approximate surface area is 176 Å². The first-order chi connectivity index (χ1) is 12.8. The lowest BCUT2D eigenvalue weighted by Crippen LogP contribution is -2.14. The molecule has 0 aliphatic heterocycles. The largest absolute Gasteiger partial charge is 0.325 e. The van der Waals surface area contributed by atoms with E-state index >= 15 is 0 Å². The number of benzene rings is 1. The quantitative estimate of drug-likeness (QED) is 0.498. The highest BCUT2D eigenvalue weighted by Crippen LogP contribution is 2.30. The van der Waals surface area contributed by atoms with Crippen LogP contribution in [-0.4, -0.2) is 26.4 Å². The van der Waals surface area contributed by atoms with Crippen molar-refractivity contribution in [3.8, 4) is 11.4 Å². The van der Waals surface area contributed by atoms with Gasteiger partial charge in [-0.3, -0.25) is 4.79 Å². The normalized spacial score (nSPS) is 11.2. The molecule has 2 heterocycles. The van der Waals surface area contributed by atoms with Gasteiger partial charge >= 0.3 is 0 Å². The first-order valence-electron chi connectivity index (χ1n) is 8.21. The van der Waals surface area contributed by atoms with Gasteiger partial charge in [-0.2, -0.15) is 0 Å². The molecular formula is C18H18Cl2N4OS2. The van der Waals surface area contributed by atoms with Crippen molar-refractivity contribution >= 4 is 57.9 Å². The van der Waals surface area contributed by atoms with Gasteiger partial charge in [-0.1, -0.05) is 48.8 Å². The summed E-state index contributed by atoms with van der Waals surface area (Å²) in [5.41, 5.74) is 1.65. The van der Waals surface area contributed by atoms with Crippen molar-refractivity contribution < 1.29 is 4.79 Å². The Morgan fingerprint density at radius 2 is 2.04 bits per heavy atom. The molecule has 0 atom stereocenters. The van der Waals surface area contributed by atoms with Crippen molar-refractivity contribution in [3.05, 3.63) is 44.6 Å². The van der Waals surface area contributed by atoms with Crippen LogP contribution in [0.5, 0.6) is 0 Å². The zero-order chi connectivity index (χ0) is 19.6. The van der Waals surface area contributed by atoms with Gasteiger partial charge in [0.2, 0.25) is 5.91 Å². The SMILES string of the molecule is CC(C)c1cc(-c2nnc(SCC(=O)Nc3ccc(Cl)c(Cl)c3)n2C)cs1. The van der Waals surface area contributed by atoms with Crippen molar-refractivity contribution in [2.75, 3.05) is 11.1 Å². The fraction of sp³-hybridized carbons (Fsp3) is 0.278. The number of nitrogens with one attached hydrogen (secondary N) is 1. The molecule has 0 spiro atoms. The number of hydrogen-bond acceptors (Lipinski definition) is 5. The zero-order valence-electron chi connectivity index (χ0n) is 15.0. The number of nitrogens with zero attached hydrogens (tertiary/aromatic N) is 3. The molecule has 5 nitrogen and oxygen atoms in total. The van der Waals surface area contributed by atoms with E-state index in [1.54, 1.807) is 29.5 Å². The molecule has 1 amide bonds. The lowest BCUT2D eigenvalue weighted by Gasteiger charge is -2.06. The zero-order valence-corrected chi connectivity index (χ0v) is 18.1. The predicted octanol–water partition coefficient (Wildman–Crippen LogP) is 5.70. The van der Waals surface area contributed by atoms with Crippen molar-refractivity contribution in [2.24, 2.45) is 7.05 Å². The highest BCUT2D eigenvalue weighted by Gasteiger charge is 2.15. The van der Waals surface area contributed by atoms with Crippen LogP contribution < -0.4 is 5.32 Å². The number of hydrogen-bond donors (Lipinski definition) is 1. The van der Waals surface area contributed by atoms with Gasteiger partial charge in [0.15, 0.2) is 11.0 Å². The number of aromatic nitrogens is 3. The molecule has 0 aliphatic carbocycles. The summed E-state index contributed by atoms with van der Waals surface area (Å²) in [5, 5.41) is 14.9. The molecule has 142 valence electrons. The highest BCUT2D eigenvalue weighted by atomic mass is 35.5. The van der Waals surface area contributed by atoms with Gasteiger partial charge in [-0.15, -0.1) is 21.5 Å². The van der Waals surface area contributed by atoms with Crippen LogP contribution in [0.2, 0.25) is 10.0 Å². The third-order valence-electron chi connectivity index (χ3n) is 3.82. The molecule has 0 saturated heterocycles. The molecule has 0 bridgehead atoms. The number of anilines is 1. The molecule has 3 aromatic rings. The summed E-state index contributed by atoms with van der Waals surface area (Å²) >= 11 is 14.9. The molecular weight excluding hydrogens is 423 g/mol. The molecule has 0 unspecified atom stereocenters. The van der Waals surface area contributed by atoms with E-state index in [0.29, 0.717) is 26.8 Å². The molecule has 0 aliphatic rings. The smallest absolute Gasteiger partial charge is 0.234 e. The molecule has 9 heteroatoms. The first-order valence-corrected chi connectivity index (χ1v) is 10.8. The van der Waals surface area contributed by atoms with Gasteiger partial charge in [-0.25, -0.2) is 0 Å². The average Bonchev–Trinajstić information content (AvgIpc) is 3.23. The second-order valence-corrected chi connectivity index (χ2v) is 8.92. The maximum absolute atomic E-state index is 12.2. The molecule has 0 fully saturated rings. The van der Waals surface area contributed by atoms with Gasteiger partial charge in [0, 0.05) is 28.6 Å². The van der Waals surface area contributed by atoms with Gasteiger partial charge in [-0.05, 0) is 30.2 Å². The van der Waals surface area contributed by atoms with Gasteiger partial charge in [0.05, 0.1) is 15.8 Å². The Kier molecular flexibility index (Phi) is 6.47. The van der Waals surface area contributed by atoms with Crippen molar-refractivity contribution in [1.82, 2.24) is 14.8 Å².